The molecule has 0 saturated heterocycles. The lowest BCUT2D eigenvalue weighted by Crippen LogP contribution is -2.16. The number of thiocarbonyl (C=S) groups is 1. The number of hydrogen-bond acceptors (Lipinski definition) is 2. The van der Waals surface area contributed by atoms with Crippen molar-refractivity contribution in [1.82, 2.24) is 0 Å². The van der Waals surface area contributed by atoms with Crippen LogP contribution < -0.4 is 0 Å². The van der Waals surface area contributed by atoms with E-state index in [0.717, 1.165) is 9.28 Å². The van der Waals surface area contributed by atoms with Crippen molar-refractivity contribution in [3.05, 3.63) is 0 Å². The van der Waals surface area contributed by atoms with E-state index >= 15 is 0 Å². The fourth-order valence-electron chi connectivity index (χ4n) is 2.06. The molecule has 0 aromatic carbocycles. The fraction of sp³-hybridized carbons (Fsp3) is 0.867. The average molecular weight is 319 g/mol. The van der Waals surface area contributed by atoms with Gasteiger partial charge in [0.25, 0.3) is 3.53 Å². The molecular formula is C15H28NS3+. The average Bonchev–Trinajstić information content (AvgIpc) is 2.39. The van der Waals surface area contributed by atoms with Crippen LogP contribution in [0.5, 0.6) is 0 Å². The lowest BCUT2D eigenvalue weighted by Gasteiger charge is -2.03. The van der Waals surface area contributed by atoms with Gasteiger partial charge in [-0.15, -0.1) is 0 Å². The van der Waals surface area contributed by atoms with Gasteiger partial charge in [0.05, 0.1) is 10.9 Å². The first kappa shape index (κ1) is 19.3. The maximum atomic E-state index is 8.71. The van der Waals surface area contributed by atoms with Gasteiger partial charge in [-0.2, -0.15) is 5.26 Å². The Kier molecular flexibility index (Phi) is 14.9. The van der Waals surface area contributed by atoms with Gasteiger partial charge >= 0.3 is 0 Å². The van der Waals surface area contributed by atoms with E-state index in [1.54, 1.807) is 0 Å². The minimum Gasteiger partial charge on any atom is -0.193 e. The number of hydrogen-bond donors (Lipinski definition) is 1. The first-order chi connectivity index (χ1) is 9.22. The molecule has 0 rings (SSSR count). The predicted molar refractivity (Wildman–Crippen MR) is 96.1 cm³/mol. The largest absolute Gasteiger partial charge is 0.251 e. The standard InChI is InChI=1S/C15H27NS3/c1-2-3-4-5-6-7-8-9-10-11-13-19(14-12-16)15(17)18/h2-11,13-14H2,1H3/p+1. The minimum atomic E-state index is -0.0543. The number of unbranched alkanes of at least 4 members (excludes halogenated alkanes) is 9. The Bertz CT molecular complexity index is 261. The second kappa shape index (κ2) is 14.7. The summed E-state index contributed by atoms with van der Waals surface area (Å²) in [7, 11) is -0.0543. The molecule has 110 valence electrons. The highest BCUT2D eigenvalue weighted by atomic mass is 32.3. The number of rotatable bonds is 12. The van der Waals surface area contributed by atoms with Gasteiger partial charge in [0.1, 0.15) is 11.8 Å². The van der Waals surface area contributed by atoms with Gasteiger partial charge < -0.3 is 0 Å². The zero-order valence-electron chi connectivity index (χ0n) is 12.2. The molecule has 0 aliphatic carbocycles. The lowest BCUT2D eigenvalue weighted by molar-refractivity contribution is 0.563. The molecule has 0 N–H and O–H groups in total. The Morgan fingerprint density at radius 2 is 1.47 bits per heavy atom. The molecule has 0 spiro atoms. The number of nitrogens with zero attached hydrogens (tertiary/aromatic N) is 1. The van der Waals surface area contributed by atoms with Crippen LogP contribution in [0.25, 0.3) is 0 Å². The third-order valence-corrected chi connectivity index (χ3v) is 6.46. The Labute approximate surface area is 133 Å². The molecule has 0 heterocycles. The second-order valence-corrected chi connectivity index (χ2v) is 8.76. The maximum Gasteiger partial charge on any atom is 0.251 e. The van der Waals surface area contributed by atoms with E-state index in [1.165, 1.54) is 64.2 Å². The summed E-state index contributed by atoms with van der Waals surface area (Å²) >= 11 is 9.30. The molecule has 0 fully saturated rings. The second-order valence-electron chi connectivity index (χ2n) is 4.95. The van der Waals surface area contributed by atoms with Crippen molar-refractivity contribution in [3.63, 3.8) is 0 Å². The van der Waals surface area contributed by atoms with Crippen LogP contribution in [0.3, 0.4) is 0 Å². The van der Waals surface area contributed by atoms with Gasteiger partial charge in [0.15, 0.2) is 5.75 Å². The molecule has 0 bridgehead atoms. The normalized spacial score (nSPS) is 12.1. The molecule has 0 aliphatic rings. The summed E-state index contributed by atoms with van der Waals surface area (Å²) in [6.45, 7) is 2.26. The summed E-state index contributed by atoms with van der Waals surface area (Å²) in [6, 6.07) is 2.21. The zero-order chi connectivity index (χ0) is 14.3. The van der Waals surface area contributed by atoms with E-state index in [1.807, 2.05) is 0 Å². The summed E-state index contributed by atoms with van der Waals surface area (Å²) in [4.78, 5) is 0. The number of thiol groups is 1. The van der Waals surface area contributed by atoms with Gasteiger partial charge in [0, 0.05) is 0 Å². The van der Waals surface area contributed by atoms with E-state index in [-0.39, 0.29) is 10.9 Å². The highest BCUT2D eigenvalue weighted by molar-refractivity contribution is 8.40. The fourth-order valence-corrected chi connectivity index (χ4v) is 4.11. The molecule has 4 heteroatoms. The Hall–Kier alpha value is 0.280. The number of nitriles is 1. The van der Waals surface area contributed by atoms with Crippen molar-refractivity contribution in [2.45, 2.75) is 71.1 Å². The van der Waals surface area contributed by atoms with Crippen LogP contribution in [-0.4, -0.2) is 15.0 Å². The minimum absolute atomic E-state index is 0.0543. The van der Waals surface area contributed by atoms with Gasteiger partial charge in [-0.1, -0.05) is 70.9 Å². The Morgan fingerprint density at radius 3 is 1.89 bits per heavy atom. The molecule has 0 amide bonds. The molecule has 0 radical (unpaired) electrons. The third-order valence-electron chi connectivity index (χ3n) is 3.23. The van der Waals surface area contributed by atoms with Gasteiger partial charge in [-0.25, -0.2) is 0 Å². The quantitative estimate of drug-likeness (QED) is 0.229. The van der Waals surface area contributed by atoms with Crippen LogP contribution in [0.4, 0.5) is 0 Å². The van der Waals surface area contributed by atoms with Crippen molar-refractivity contribution in [1.29, 1.82) is 5.26 Å². The van der Waals surface area contributed by atoms with E-state index in [4.69, 9.17) is 17.5 Å². The molecule has 0 saturated carbocycles. The van der Waals surface area contributed by atoms with E-state index in [0.29, 0.717) is 5.75 Å². The first-order valence-corrected chi connectivity index (χ1v) is 9.91. The summed E-state index contributed by atoms with van der Waals surface area (Å²) in [5, 5.41) is 8.71. The van der Waals surface area contributed by atoms with Crippen LogP contribution in [-0.2, 0) is 10.9 Å². The van der Waals surface area contributed by atoms with Crippen molar-refractivity contribution >= 4 is 39.3 Å². The molecule has 1 unspecified atom stereocenters. The summed E-state index contributed by atoms with van der Waals surface area (Å²) in [5.74, 6) is 1.62. The van der Waals surface area contributed by atoms with Crippen LogP contribution in [0.2, 0.25) is 0 Å². The summed E-state index contributed by atoms with van der Waals surface area (Å²) < 4.78 is 0.734. The summed E-state index contributed by atoms with van der Waals surface area (Å²) in [6.07, 6.45) is 13.5. The Balaban J connectivity index is 3.30. The van der Waals surface area contributed by atoms with Gasteiger partial charge in [0.2, 0.25) is 0 Å². The van der Waals surface area contributed by atoms with Crippen LogP contribution in [0.1, 0.15) is 71.1 Å². The van der Waals surface area contributed by atoms with Crippen LogP contribution in [0, 0.1) is 11.3 Å². The van der Waals surface area contributed by atoms with Crippen molar-refractivity contribution < 1.29 is 0 Å². The summed E-state index contributed by atoms with van der Waals surface area (Å²) in [5.41, 5.74) is 0. The van der Waals surface area contributed by atoms with Gasteiger partial charge in [-0.3, -0.25) is 0 Å². The topological polar surface area (TPSA) is 23.8 Å². The lowest BCUT2D eigenvalue weighted by atomic mass is 10.1. The smallest absolute Gasteiger partial charge is 0.193 e. The van der Waals surface area contributed by atoms with E-state index in [2.05, 4.69) is 25.6 Å². The van der Waals surface area contributed by atoms with Crippen molar-refractivity contribution in [2.75, 3.05) is 11.5 Å². The van der Waals surface area contributed by atoms with Gasteiger partial charge in [-0.05, 0) is 25.1 Å². The maximum absolute atomic E-state index is 8.71. The molecule has 0 aliphatic heterocycles. The molecular weight excluding hydrogens is 290 g/mol. The van der Waals surface area contributed by atoms with E-state index in [9.17, 15) is 0 Å². The molecule has 0 aromatic heterocycles. The molecule has 0 aromatic rings. The van der Waals surface area contributed by atoms with E-state index < -0.39 is 0 Å². The Morgan fingerprint density at radius 1 is 1.00 bits per heavy atom. The SMILES string of the molecule is CCCCCCCCCCCC[S+](CC#N)C(=S)S. The highest BCUT2D eigenvalue weighted by Gasteiger charge is 2.20. The molecule has 19 heavy (non-hydrogen) atoms. The monoisotopic (exact) mass is 318 g/mol. The van der Waals surface area contributed by atoms with Crippen molar-refractivity contribution in [3.8, 4) is 6.07 Å². The van der Waals surface area contributed by atoms with Crippen molar-refractivity contribution in [2.24, 2.45) is 0 Å². The predicted octanol–water partition coefficient (Wildman–Crippen LogP) is 5.26. The zero-order valence-corrected chi connectivity index (χ0v) is 14.7. The molecule has 1 nitrogen and oxygen atoms in total. The highest BCUT2D eigenvalue weighted by Crippen LogP contribution is 2.12. The molecule has 1 atom stereocenters. The van der Waals surface area contributed by atoms with Crippen LogP contribution >= 0.6 is 24.8 Å². The van der Waals surface area contributed by atoms with Crippen LogP contribution in [0.15, 0.2) is 0 Å². The first-order valence-electron chi connectivity index (χ1n) is 7.49. The third kappa shape index (κ3) is 13.0.